The van der Waals surface area contributed by atoms with E-state index in [1.165, 1.54) is 116 Å². The first kappa shape index (κ1) is 24.0. The molecule has 1 heteroatoms. The molecule has 0 saturated heterocycles. The fourth-order valence-corrected chi connectivity index (χ4v) is 3.31. The van der Waals surface area contributed by atoms with Gasteiger partial charge in [-0.15, -0.1) is 0 Å². The molecule has 0 saturated carbocycles. The molecule has 0 aliphatic carbocycles. The predicted molar refractivity (Wildman–Crippen MR) is 112 cm³/mol. The van der Waals surface area contributed by atoms with Crippen LogP contribution in [0.3, 0.4) is 0 Å². The van der Waals surface area contributed by atoms with Crippen LogP contribution in [-0.2, 0) is 0 Å². The molecule has 0 heterocycles. The summed E-state index contributed by atoms with van der Waals surface area (Å²) in [6, 6.07) is 0. The van der Waals surface area contributed by atoms with E-state index in [-0.39, 0.29) is 5.54 Å². The molecule has 146 valence electrons. The lowest BCUT2D eigenvalue weighted by Crippen LogP contribution is -2.36. The Morgan fingerprint density at radius 1 is 0.458 bits per heavy atom. The lowest BCUT2D eigenvalue weighted by atomic mass is 10.0. The minimum atomic E-state index is 0.287. The van der Waals surface area contributed by atoms with Gasteiger partial charge in [0, 0.05) is 5.54 Å². The van der Waals surface area contributed by atoms with Crippen molar-refractivity contribution in [2.24, 2.45) is 0 Å². The summed E-state index contributed by atoms with van der Waals surface area (Å²) in [7, 11) is 0. The third-order valence-corrected chi connectivity index (χ3v) is 4.94. The Morgan fingerprint density at radius 2 is 0.750 bits per heavy atom. The van der Waals surface area contributed by atoms with Crippen molar-refractivity contribution in [2.75, 3.05) is 6.54 Å². The highest BCUT2D eigenvalue weighted by atomic mass is 14.9. The van der Waals surface area contributed by atoms with Crippen molar-refractivity contribution in [3.8, 4) is 0 Å². The first-order chi connectivity index (χ1) is 11.6. The summed E-state index contributed by atoms with van der Waals surface area (Å²) in [5, 5.41) is 3.57. The van der Waals surface area contributed by atoms with Gasteiger partial charge in [-0.05, 0) is 33.7 Å². The minimum Gasteiger partial charge on any atom is -0.312 e. The van der Waals surface area contributed by atoms with E-state index in [1.807, 2.05) is 0 Å². The zero-order chi connectivity index (χ0) is 17.9. The fraction of sp³-hybridized carbons (Fsp3) is 1.00. The molecule has 0 bridgehead atoms. The van der Waals surface area contributed by atoms with Crippen molar-refractivity contribution in [1.82, 2.24) is 5.32 Å². The Hall–Kier alpha value is -0.0400. The lowest BCUT2D eigenvalue weighted by Gasteiger charge is -2.20. The molecule has 1 nitrogen and oxygen atoms in total. The van der Waals surface area contributed by atoms with Crippen LogP contribution >= 0.6 is 0 Å². The second-order valence-corrected chi connectivity index (χ2v) is 8.83. The molecular formula is C23H49N. The highest BCUT2D eigenvalue weighted by molar-refractivity contribution is 4.69. The van der Waals surface area contributed by atoms with Gasteiger partial charge in [-0.2, -0.15) is 0 Å². The third-order valence-electron chi connectivity index (χ3n) is 4.94. The summed E-state index contributed by atoms with van der Waals surface area (Å²) >= 11 is 0. The zero-order valence-electron chi connectivity index (χ0n) is 17.7. The lowest BCUT2D eigenvalue weighted by molar-refractivity contribution is 0.415. The van der Waals surface area contributed by atoms with E-state index in [0.29, 0.717) is 0 Å². The first-order valence-electron chi connectivity index (χ1n) is 11.3. The van der Waals surface area contributed by atoms with Crippen molar-refractivity contribution in [3.05, 3.63) is 0 Å². The molecular weight excluding hydrogens is 290 g/mol. The van der Waals surface area contributed by atoms with E-state index in [1.54, 1.807) is 0 Å². The summed E-state index contributed by atoms with van der Waals surface area (Å²) in [5.41, 5.74) is 0.287. The van der Waals surface area contributed by atoms with E-state index < -0.39 is 0 Å². The van der Waals surface area contributed by atoms with Crippen LogP contribution in [0.5, 0.6) is 0 Å². The number of hydrogen-bond acceptors (Lipinski definition) is 1. The van der Waals surface area contributed by atoms with E-state index in [2.05, 4.69) is 33.0 Å². The second-order valence-electron chi connectivity index (χ2n) is 8.83. The van der Waals surface area contributed by atoms with Crippen molar-refractivity contribution >= 4 is 0 Å². The van der Waals surface area contributed by atoms with Crippen LogP contribution in [0.25, 0.3) is 0 Å². The summed E-state index contributed by atoms with van der Waals surface area (Å²) in [6.07, 6.45) is 24.7. The summed E-state index contributed by atoms with van der Waals surface area (Å²) < 4.78 is 0. The van der Waals surface area contributed by atoms with E-state index >= 15 is 0 Å². The average molecular weight is 340 g/mol. The molecule has 0 fully saturated rings. The highest BCUT2D eigenvalue weighted by Gasteiger charge is 2.06. The summed E-state index contributed by atoms with van der Waals surface area (Å²) in [5.74, 6) is 0. The smallest absolute Gasteiger partial charge is 0.00965 e. The largest absolute Gasteiger partial charge is 0.312 e. The van der Waals surface area contributed by atoms with Crippen LogP contribution in [0.15, 0.2) is 0 Å². The monoisotopic (exact) mass is 339 g/mol. The Kier molecular flexibility index (Phi) is 17.7. The fourth-order valence-electron chi connectivity index (χ4n) is 3.31. The van der Waals surface area contributed by atoms with Gasteiger partial charge >= 0.3 is 0 Å². The van der Waals surface area contributed by atoms with Crippen LogP contribution in [0.4, 0.5) is 0 Å². The standard InChI is InChI=1S/C23H49N/c1-5-6-7-8-9-10-11-12-13-14-15-16-17-18-19-20-21-22-24-23(2,3)4/h24H,5-22H2,1-4H3. The molecule has 0 aliphatic rings. The number of nitrogens with one attached hydrogen (secondary N) is 1. The molecule has 0 radical (unpaired) electrons. The molecule has 0 unspecified atom stereocenters. The quantitative estimate of drug-likeness (QED) is 0.249. The maximum absolute atomic E-state index is 3.57. The normalized spacial score (nSPS) is 12.0. The van der Waals surface area contributed by atoms with Crippen molar-refractivity contribution in [2.45, 2.75) is 142 Å². The molecule has 0 aliphatic heterocycles. The number of rotatable bonds is 18. The van der Waals surface area contributed by atoms with Gasteiger partial charge in [-0.3, -0.25) is 0 Å². The average Bonchev–Trinajstić information content (AvgIpc) is 2.52. The van der Waals surface area contributed by atoms with Gasteiger partial charge in [-0.1, -0.05) is 110 Å². The molecule has 24 heavy (non-hydrogen) atoms. The Morgan fingerprint density at radius 3 is 1.04 bits per heavy atom. The molecule has 1 N–H and O–H groups in total. The Balaban J connectivity index is 3.00. The predicted octanol–water partition coefficient (Wildman–Crippen LogP) is 8.03. The van der Waals surface area contributed by atoms with E-state index in [9.17, 15) is 0 Å². The van der Waals surface area contributed by atoms with Gasteiger partial charge in [0.2, 0.25) is 0 Å². The van der Waals surface area contributed by atoms with Crippen LogP contribution in [-0.4, -0.2) is 12.1 Å². The first-order valence-corrected chi connectivity index (χ1v) is 11.3. The van der Waals surface area contributed by atoms with E-state index in [0.717, 1.165) is 0 Å². The number of hydrogen-bond donors (Lipinski definition) is 1. The van der Waals surface area contributed by atoms with Crippen LogP contribution in [0.1, 0.15) is 137 Å². The van der Waals surface area contributed by atoms with Crippen LogP contribution < -0.4 is 5.32 Å². The van der Waals surface area contributed by atoms with Crippen molar-refractivity contribution < 1.29 is 0 Å². The van der Waals surface area contributed by atoms with Gasteiger partial charge in [-0.25, -0.2) is 0 Å². The topological polar surface area (TPSA) is 12.0 Å². The molecule has 0 aromatic carbocycles. The zero-order valence-corrected chi connectivity index (χ0v) is 17.7. The molecule has 0 aromatic heterocycles. The van der Waals surface area contributed by atoms with Gasteiger partial charge in [0.25, 0.3) is 0 Å². The van der Waals surface area contributed by atoms with Crippen LogP contribution in [0.2, 0.25) is 0 Å². The maximum atomic E-state index is 3.57. The highest BCUT2D eigenvalue weighted by Crippen LogP contribution is 2.14. The molecule has 0 rings (SSSR count). The second kappa shape index (κ2) is 17.8. The molecule has 0 spiro atoms. The molecule has 0 atom stereocenters. The van der Waals surface area contributed by atoms with Crippen molar-refractivity contribution in [1.29, 1.82) is 0 Å². The Bertz CT molecular complexity index is 229. The van der Waals surface area contributed by atoms with Gasteiger partial charge in [0.05, 0.1) is 0 Å². The number of unbranched alkanes of at least 4 members (excludes halogenated alkanes) is 16. The molecule has 0 amide bonds. The maximum Gasteiger partial charge on any atom is 0.00965 e. The Labute approximate surface area is 154 Å². The molecule has 0 aromatic rings. The van der Waals surface area contributed by atoms with Crippen molar-refractivity contribution in [3.63, 3.8) is 0 Å². The summed E-state index contributed by atoms with van der Waals surface area (Å²) in [6.45, 7) is 10.2. The van der Waals surface area contributed by atoms with Crippen LogP contribution in [0, 0.1) is 0 Å². The van der Waals surface area contributed by atoms with Gasteiger partial charge in [0.1, 0.15) is 0 Å². The van der Waals surface area contributed by atoms with Gasteiger partial charge in [0.15, 0.2) is 0 Å². The third kappa shape index (κ3) is 22.0. The van der Waals surface area contributed by atoms with Gasteiger partial charge < -0.3 is 5.32 Å². The SMILES string of the molecule is CCCCCCCCCCCCCCCCCCCNC(C)(C)C. The minimum absolute atomic E-state index is 0.287. The summed E-state index contributed by atoms with van der Waals surface area (Å²) in [4.78, 5) is 0. The van der Waals surface area contributed by atoms with E-state index in [4.69, 9.17) is 0 Å².